The van der Waals surface area contributed by atoms with E-state index in [1.165, 1.54) is 6.07 Å². The molecule has 0 bridgehead atoms. The van der Waals surface area contributed by atoms with Crippen molar-refractivity contribution in [2.75, 3.05) is 0 Å². The molecule has 0 radical (unpaired) electrons. The van der Waals surface area contributed by atoms with Crippen LogP contribution in [0, 0.1) is 5.82 Å². The first kappa shape index (κ1) is 16.5. The average Bonchev–Trinajstić information content (AvgIpc) is 2.73. The summed E-state index contributed by atoms with van der Waals surface area (Å²) in [7, 11) is 0. The first-order valence-electron chi connectivity index (χ1n) is 8.90. The van der Waals surface area contributed by atoms with Crippen LogP contribution >= 0.6 is 0 Å². The minimum atomic E-state index is -0.328. The monoisotopic (exact) mass is 369 g/mol. The van der Waals surface area contributed by atoms with Gasteiger partial charge in [0.05, 0.1) is 11.4 Å². The summed E-state index contributed by atoms with van der Waals surface area (Å²) in [6.07, 6.45) is 6.88. The molecular formula is C22H16FN5. The van der Waals surface area contributed by atoms with Crippen molar-refractivity contribution in [3.63, 3.8) is 0 Å². The van der Waals surface area contributed by atoms with Crippen molar-refractivity contribution >= 4 is 17.1 Å². The zero-order chi connectivity index (χ0) is 19.1. The maximum absolute atomic E-state index is 14.4. The molecule has 0 aliphatic carbocycles. The van der Waals surface area contributed by atoms with E-state index in [1.807, 2.05) is 36.5 Å². The van der Waals surface area contributed by atoms with Crippen LogP contribution in [0.2, 0.25) is 0 Å². The number of hydrogen-bond acceptors (Lipinski definition) is 5. The molecule has 0 amide bonds. The Balaban J connectivity index is 1.83. The summed E-state index contributed by atoms with van der Waals surface area (Å²) in [6, 6.07) is 14.2. The van der Waals surface area contributed by atoms with Crippen molar-refractivity contribution < 1.29 is 4.39 Å². The van der Waals surface area contributed by atoms with Gasteiger partial charge in [-0.05, 0) is 54.2 Å². The van der Waals surface area contributed by atoms with Crippen LogP contribution < -0.4 is 11.1 Å². The largest absolute Gasteiger partial charge is 0.372 e. The van der Waals surface area contributed by atoms with Crippen LogP contribution in [0.4, 0.5) is 4.39 Å². The zero-order valence-corrected chi connectivity index (χ0v) is 14.8. The van der Waals surface area contributed by atoms with Crippen LogP contribution in [-0.4, -0.2) is 15.0 Å². The van der Waals surface area contributed by atoms with Crippen LogP contribution in [0.1, 0.15) is 17.3 Å². The fourth-order valence-corrected chi connectivity index (χ4v) is 3.53. The predicted molar refractivity (Wildman–Crippen MR) is 107 cm³/mol. The van der Waals surface area contributed by atoms with E-state index in [4.69, 9.17) is 5.73 Å². The second kappa shape index (κ2) is 6.51. The molecule has 1 unspecified atom stereocenters. The summed E-state index contributed by atoms with van der Waals surface area (Å²) in [4.78, 5) is 13.6. The third-order valence-corrected chi connectivity index (χ3v) is 4.87. The van der Waals surface area contributed by atoms with Gasteiger partial charge in [-0.1, -0.05) is 12.1 Å². The molecule has 6 heteroatoms. The van der Waals surface area contributed by atoms with Crippen LogP contribution in [0.25, 0.3) is 39.6 Å². The van der Waals surface area contributed by atoms with Gasteiger partial charge in [-0.25, -0.2) is 14.4 Å². The molecule has 4 aromatic rings. The van der Waals surface area contributed by atoms with Gasteiger partial charge in [-0.2, -0.15) is 0 Å². The predicted octanol–water partition coefficient (Wildman–Crippen LogP) is 4.03. The zero-order valence-electron chi connectivity index (χ0n) is 14.8. The molecule has 4 heterocycles. The number of pyridine rings is 3. The lowest BCUT2D eigenvalue weighted by Crippen LogP contribution is -2.27. The molecule has 0 spiro atoms. The van der Waals surface area contributed by atoms with Gasteiger partial charge in [0.2, 0.25) is 0 Å². The molecule has 1 aliphatic rings. The van der Waals surface area contributed by atoms with Gasteiger partial charge >= 0.3 is 0 Å². The summed E-state index contributed by atoms with van der Waals surface area (Å²) in [5.41, 5.74) is 11.2. The molecule has 0 saturated carbocycles. The van der Waals surface area contributed by atoms with Gasteiger partial charge in [-0.3, -0.25) is 4.98 Å². The molecule has 3 N–H and O–H groups in total. The number of halogens is 1. The van der Waals surface area contributed by atoms with E-state index in [-0.39, 0.29) is 12.0 Å². The van der Waals surface area contributed by atoms with Crippen LogP contribution in [0.3, 0.4) is 0 Å². The smallest absolute Gasteiger partial charge is 0.160 e. The minimum absolute atomic E-state index is 0.306. The molecule has 136 valence electrons. The highest BCUT2D eigenvalue weighted by Crippen LogP contribution is 2.35. The Bertz CT molecular complexity index is 1230. The van der Waals surface area contributed by atoms with Gasteiger partial charge in [0.25, 0.3) is 0 Å². The Morgan fingerprint density at radius 3 is 2.75 bits per heavy atom. The van der Waals surface area contributed by atoms with Crippen molar-refractivity contribution in [3.8, 4) is 22.5 Å². The Kier molecular flexibility index (Phi) is 3.84. The molecule has 28 heavy (non-hydrogen) atoms. The first-order valence-corrected chi connectivity index (χ1v) is 8.90. The van der Waals surface area contributed by atoms with Gasteiger partial charge in [-0.15, -0.1) is 0 Å². The quantitative estimate of drug-likeness (QED) is 0.558. The highest BCUT2D eigenvalue weighted by molar-refractivity contribution is 5.96. The maximum atomic E-state index is 14.4. The second-order valence-electron chi connectivity index (χ2n) is 6.55. The van der Waals surface area contributed by atoms with Gasteiger partial charge < -0.3 is 11.1 Å². The highest BCUT2D eigenvalue weighted by atomic mass is 19.1. The van der Waals surface area contributed by atoms with E-state index in [0.29, 0.717) is 16.9 Å². The van der Waals surface area contributed by atoms with Gasteiger partial charge in [0.15, 0.2) is 5.65 Å². The van der Waals surface area contributed by atoms with Crippen molar-refractivity contribution in [1.82, 2.24) is 20.3 Å². The maximum Gasteiger partial charge on any atom is 0.160 e. The number of fused-ring (bicyclic) bond motifs is 2. The van der Waals surface area contributed by atoms with Crippen molar-refractivity contribution in [2.24, 2.45) is 5.73 Å². The van der Waals surface area contributed by atoms with Crippen LogP contribution in [0.15, 0.2) is 67.1 Å². The Labute approximate surface area is 160 Å². The molecular weight excluding hydrogens is 353 g/mol. The lowest BCUT2D eigenvalue weighted by atomic mass is 9.95. The highest BCUT2D eigenvalue weighted by Gasteiger charge is 2.20. The molecule has 1 aliphatic heterocycles. The van der Waals surface area contributed by atoms with E-state index in [9.17, 15) is 4.39 Å². The number of nitrogens with two attached hydrogens (primary N) is 1. The topological polar surface area (TPSA) is 76.7 Å². The van der Waals surface area contributed by atoms with Crippen molar-refractivity contribution in [3.05, 3.63) is 84.1 Å². The molecule has 5 rings (SSSR count). The fourth-order valence-electron chi connectivity index (χ4n) is 3.53. The van der Waals surface area contributed by atoms with E-state index in [0.717, 1.165) is 27.8 Å². The number of benzene rings is 1. The molecule has 1 atom stereocenters. The average molecular weight is 369 g/mol. The third kappa shape index (κ3) is 2.62. The van der Waals surface area contributed by atoms with E-state index in [1.54, 1.807) is 30.6 Å². The van der Waals surface area contributed by atoms with Crippen molar-refractivity contribution in [2.45, 2.75) is 6.17 Å². The van der Waals surface area contributed by atoms with E-state index >= 15 is 0 Å². The fraction of sp³-hybridized carbons (Fsp3) is 0.0455. The molecule has 1 aromatic carbocycles. The number of aromatic nitrogens is 3. The lowest BCUT2D eigenvalue weighted by Gasteiger charge is -2.22. The molecule has 5 nitrogen and oxygen atoms in total. The van der Waals surface area contributed by atoms with Gasteiger partial charge in [0.1, 0.15) is 12.0 Å². The first-order chi connectivity index (χ1) is 13.7. The van der Waals surface area contributed by atoms with Crippen molar-refractivity contribution in [1.29, 1.82) is 0 Å². The molecule has 3 aromatic heterocycles. The number of nitrogens with one attached hydrogen (secondary N) is 1. The summed E-state index contributed by atoms with van der Waals surface area (Å²) in [5, 5.41) is 3.94. The summed E-state index contributed by atoms with van der Waals surface area (Å²) in [5.74, 6) is -0.328. The van der Waals surface area contributed by atoms with E-state index in [2.05, 4.69) is 20.3 Å². The second-order valence-corrected chi connectivity index (χ2v) is 6.55. The Morgan fingerprint density at radius 2 is 1.86 bits per heavy atom. The Hall–Kier alpha value is -3.64. The standard InChI is InChI=1S/C22H16FN5/c23-18-6-2-1-4-16(18)19-12-17(15-5-3-9-27-22(15)28-19)20-13-7-11-26-21(24)14(13)8-10-25-20/h1-12,21,26H,24H2. The number of rotatable bonds is 2. The summed E-state index contributed by atoms with van der Waals surface area (Å²) < 4.78 is 14.4. The summed E-state index contributed by atoms with van der Waals surface area (Å²) in [6.45, 7) is 0. The lowest BCUT2D eigenvalue weighted by molar-refractivity contribution is 0.631. The van der Waals surface area contributed by atoms with Crippen LogP contribution in [-0.2, 0) is 0 Å². The number of nitrogens with zero attached hydrogens (tertiary/aromatic N) is 3. The van der Waals surface area contributed by atoms with E-state index < -0.39 is 0 Å². The minimum Gasteiger partial charge on any atom is -0.372 e. The summed E-state index contributed by atoms with van der Waals surface area (Å²) >= 11 is 0. The number of hydrogen-bond donors (Lipinski definition) is 2. The molecule has 0 saturated heterocycles. The SMILES string of the molecule is NC1NC=Cc2c1ccnc2-c1cc(-c2ccccc2F)nc2ncccc12. The third-order valence-electron chi connectivity index (χ3n) is 4.87. The molecule has 0 fully saturated rings. The van der Waals surface area contributed by atoms with Gasteiger partial charge in [0, 0.05) is 34.5 Å². The normalized spacial score (nSPS) is 15.3. The Morgan fingerprint density at radius 1 is 0.964 bits per heavy atom. The van der Waals surface area contributed by atoms with Crippen LogP contribution in [0.5, 0.6) is 0 Å².